The molecule has 2 aromatic carbocycles. The second-order valence-electron chi connectivity index (χ2n) is 13.4. The van der Waals surface area contributed by atoms with Gasteiger partial charge < -0.3 is 20.1 Å². The molecule has 0 amide bonds. The van der Waals surface area contributed by atoms with E-state index >= 15 is 0 Å². The molecule has 2 N–H and O–H groups in total. The Hall–Kier alpha value is -2.44. The molecule has 2 aliphatic heterocycles. The van der Waals surface area contributed by atoms with Crippen molar-refractivity contribution in [2.45, 2.75) is 115 Å². The van der Waals surface area contributed by atoms with Gasteiger partial charge in [-0.2, -0.15) is 0 Å². The minimum atomic E-state index is -0.400. The molecule has 6 heteroatoms. The van der Waals surface area contributed by atoms with E-state index in [4.69, 9.17) is 9.47 Å². The van der Waals surface area contributed by atoms with E-state index in [2.05, 4.69) is 66.0 Å². The molecule has 196 valence electrons. The van der Waals surface area contributed by atoms with Gasteiger partial charge in [-0.1, -0.05) is 24.3 Å². The summed E-state index contributed by atoms with van der Waals surface area (Å²) in [5.74, 6) is -0.799. The van der Waals surface area contributed by atoms with E-state index in [0.717, 1.165) is 31.1 Å². The average Bonchev–Trinajstić information content (AvgIpc) is 2.67. The predicted octanol–water partition coefficient (Wildman–Crippen LogP) is 5.77. The van der Waals surface area contributed by atoms with E-state index in [1.165, 1.54) is 0 Å². The topological polar surface area (TPSA) is 76.7 Å². The molecule has 6 nitrogen and oxygen atoms in total. The normalized spacial score (nSPS) is 23.2. The number of fused-ring (bicyclic) bond motifs is 1. The number of benzene rings is 2. The highest BCUT2D eigenvalue weighted by molar-refractivity contribution is 6.13. The maximum atomic E-state index is 13.5. The summed E-state index contributed by atoms with van der Waals surface area (Å²) in [5.41, 5.74) is 0.238. The van der Waals surface area contributed by atoms with Crippen molar-refractivity contribution in [2.24, 2.45) is 0 Å². The molecule has 0 bridgehead atoms. The van der Waals surface area contributed by atoms with Crippen molar-refractivity contribution in [1.82, 2.24) is 10.6 Å². The summed E-state index contributed by atoms with van der Waals surface area (Å²) in [6.07, 6.45) is 2.48. The van der Waals surface area contributed by atoms with Crippen LogP contribution in [0.3, 0.4) is 0 Å². The van der Waals surface area contributed by atoms with Crippen LogP contribution in [0.2, 0.25) is 0 Å². The lowest BCUT2D eigenvalue weighted by Crippen LogP contribution is -2.59. The number of hydrogen-bond donors (Lipinski definition) is 2. The SMILES string of the molecule is CC1(C)CC(OC(=O)c2cccc3cccc(C(=O)OC4CC(C)(C)NC(C)(C)C4)c23)CC(C)(C)N1. The van der Waals surface area contributed by atoms with E-state index < -0.39 is 11.9 Å². The summed E-state index contributed by atoms with van der Waals surface area (Å²) in [4.78, 5) is 27.0. The fourth-order valence-electron chi connectivity index (χ4n) is 6.73. The molecule has 2 aromatic rings. The maximum Gasteiger partial charge on any atom is 0.339 e. The molecule has 4 rings (SSSR count). The third kappa shape index (κ3) is 6.09. The van der Waals surface area contributed by atoms with Gasteiger partial charge in [-0.05, 0) is 72.9 Å². The van der Waals surface area contributed by atoms with Gasteiger partial charge in [0, 0.05) is 53.2 Å². The summed E-state index contributed by atoms with van der Waals surface area (Å²) in [5, 5.41) is 8.65. The summed E-state index contributed by atoms with van der Waals surface area (Å²) in [6, 6.07) is 11.0. The van der Waals surface area contributed by atoms with Crippen molar-refractivity contribution in [3.63, 3.8) is 0 Å². The number of esters is 2. The smallest absolute Gasteiger partial charge is 0.339 e. The molecule has 0 spiro atoms. The minimum Gasteiger partial charge on any atom is -0.459 e. The fraction of sp³-hybridized carbons (Fsp3) is 0.600. The number of carbonyl (C=O) groups is 2. The van der Waals surface area contributed by atoms with Crippen molar-refractivity contribution < 1.29 is 19.1 Å². The van der Waals surface area contributed by atoms with Gasteiger partial charge >= 0.3 is 11.9 Å². The molecule has 2 fully saturated rings. The van der Waals surface area contributed by atoms with Gasteiger partial charge in [0.25, 0.3) is 0 Å². The van der Waals surface area contributed by atoms with E-state index in [0.29, 0.717) is 16.5 Å². The van der Waals surface area contributed by atoms with Crippen molar-refractivity contribution >= 4 is 22.7 Å². The molecule has 36 heavy (non-hydrogen) atoms. The number of rotatable bonds is 4. The van der Waals surface area contributed by atoms with Crippen molar-refractivity contribution in [3.8, 4) is 0 Å². The molecule has 2 aliphatic rings. The lowest BCUT2D eigenvalue weighted by atomic mass is 9.81. The highest BCUT2D eigenvalue weighted by Crippen LogP contribution is 2.34. The standard InChI is InChI=1S/C30H42N2O4/c1-27(2)15-20(16-28(3,4)31-27)35-25(33)22-13-9-11-19-12-10-14-23(24(19)22)26(34)36-21-17-29(5,6)32-30(7,8)18-21/h9-14,20-21,31-32H,15-18H2,1-8H3. The summed E-state index contributed by atoms with van der Waals surface area (Å²) < 4.78 is 12.1. The largest absolute Gasteiger partial charge is 0.459 e. The van der Waals surface area contributed by atoms with Crippen LogP contribution >= 0.6 is 0 Å². The average molecular weight is 495 g/mol. The lowest BCUT2D eigenvalue weighted by Gasteiger charge is -2.46. The fourth-order valence-corrected chi connectivity index (χ4v) is 6.73. The van der Waals surface area contributed by atoms with Crippen LogP contribution in [0.5, 0.6) is 0 Å². The van der Waals surface area contributed by atoms with Crippen LogP contribution in [-0.4, -0.2) is 46.3 Å². The Morgan fingerprint density at radius 3 is 1.31 bits per heavy atom. The number of carbonyl (C=O) groups excluding carboxylic acids is 2. The van der Waals surface area contributed by atoms with Crippen LogP contribution in [0, 0.1) is 0 Å². The van der Waals surface area contributed by atoms with Crippen molar-refractivity contribution in [2.75, 3.05) is 0 Å². The third-order valence-corrected chi connectivity index (χ3v) is 7.20. The molecule has 0 aromatic heterocycles. The van der Waals surface area contributed by atoms with Crippen LogP contribution in [-0.2, 0) is 9.47 Å². The van der Waals surface area contributed by atoms with Crippen LogP contribution in [0.1, 0.15) is 102 Å². The number of hydrogen-bond acceptors (Lipinski definition) is 6. The molecular formula is C30H42N2O4. The minimum absolute atomic E-state index is 0.142. The highest BCUT2D eigenvalue weighted by Gasteiger charge is 2.41. The Kier molecular flexibility index (Phi) is 6.76. The Morgan fingerprint density at radius 1 is 0.639 bits per heavy atom. The van der Waals surface area contributed by atoms with Gasteiger partial charge in [-0.15, -0.1) is 0 Å². The van der Waals surface area contributed by atoms with Crippen LogP contribution in [0.25, 0.3) is 10.8 Å². The Labute approximate surface area is 215 Å². The highest BCUT2D eigenvalue weighted by atomic mass is 16.5. The van der Waals surface area contributed by atoms with Gasteiger partial charge in [-0.3, -0.25) is 0 Å². The molecule has 2 saturated heterocycles. The maximum absolute atomic E-state index is 13.5. The van der Waals surface area contributed by atoms with E-state index in [1.54, 1.807) is 12.1 Å². The van der Waals surface area contributed by atoms with Gasteiger partial charge in [0.05, 0.1) is 11.1 Å². The first kappa shape index (κ1) is 26.6. The quantitative estimate of drug-likeness (QED) is 0.526. The summed E-state index contributed by atoms with van der Waals surface area (Å²) in [7, 11) is 0. The number of nitrogens with one attached hydrogen (secondary N) is 2. The molecule has 0 radical (unpaired) electrons. The monoisotopic (exact) mass is 494 g/mol. The Bertz CT molecular complexity index is 1050. The molecule has 0 aliphatic carbocycles. The van der Waals surface area contributed by atoms with Crippen LogP contribution < -0.4 is 10.6 Å². The Balaban J connectivity index is 1.61. The molecule has 0 unspecified atom stereocenters. The van der Waals surface area contributed by atoms with E-state index in [-0.39, 0.29) is 34.4 Å². The zero-order valence-electron chi connectivity index (χ0n) is 23.1. The van der Waals surface area contributed by atoms with Gasteiger partial charge in [0.2, 0.25) is 0 Å². The first-order chi connectivity index (χ1) is 16.5. The Morgan fingerprint density at radius 2 is 0.972 bits per heavy atom. The van der Waals surface area contributed by atoms with Gasteiger partial charge in [0.1, 0.15) is 12.2 Å². The summed E-state index contributed by atoms with van der Waals surface area (Å²) >= 11 is 0. The van der Waals surface area contributed by atoms with Gasteiger partial charge in [-0.25, -0.2) is 9.59 Å². The van der Waals surface area contributed by atoms with Crippen molar-refractivity contribution in [3.05, 3.63) is 47.5 Å². The second-order valence-corrected chi connectivity index (χ2v) is 13.4. The lowest BCUT2D eigenvalue weighted by molar-refractivity contribution is -0.00688. The zero-order valence-corrected chi connectivity index (χ0v) is 23.1. The molecule has 0 saturated carbocycles. The molecule has 2 heterocycles. The van der Waals surface area contributed by atoms with Crippen molar-refractivity contribution in [1.29, 1.82) is 0 Å². The van der Waals surface area contributed by atoms with E-state index in [9.17, 15) is 9.59 Å². The van der Waals surface area contributed by atoms with Crippen LogP contribution in [0.4, 0.5) is 0 Å². The third-order valence-electron chi connectivity index (χ3n) is 7.20. The zero-order chi connectivity index (χ0) is 26.5. The second kappa shape index (κ2) is 9.14. The van der Waals surface area contributed by atoms with Gasteiger partial charge in [0.15, 0.2) is 0 Å². The first-order valence-corrected chi connectivity index (χ1v) is 13.1. The van der Waals surface area contributed by atoms with E-state index in [1.807, 2.05) is 24.3 Å². The molecular weight excluding hydrogens is 452 g/mol. The predicted molar refractivity (Wildman–Crippen MR) is 143 cm³/mol. The summed E-state index contributed by atoms with van der Waals surface area (Å²) in [6.45, 7) is 17.0. The molecule has 0 atom stereocenters. The number of piperidine rings is 2. The number of ether oxygens (including phenoxy) is 2. The van der Waals surface area contributed by atoms with Crippen LogP contribution in [0.15, 0.2) is 36.4 Å². The first-order valence-electron chi connectivity index (χ1n) is 13.1.